The minimum Gasteiger partial charge on any atom is -0.383 e. The fraction of sp³-hybridized carbons (Fsp3) is 0.733. The highest BCUT2D eigenvalue weighted by Gasteiger charge is 2.23. The number of aromatic nitrogens is 2. The van der Waals surface area contributed by atoms with E-state index in [1.165, 1.54) is 12.8 Å². The van der Waals surface area contributed by atoms with Crippen LogP contribution in [0.3, 0.4) is 0 Å². The van der Waals surface area contributed by atoms with Gasteiger partial charge in [0.05, 0.1) is 18.8 Å². The van der Waals surface area contributed by atoms with Gasteiger partial charge in [0.15, 0.2) is 5.96 Å². The minimum atomic E-state index is 0. The van der Waals surface area contributed by atoms with Gasteiger partial charge in [-0.15, -0.1) is 24.0 Å². The van der Waals surface area contributed by atoms with Crippen LogP contribution in [0.15, 0.2) is 17.3 Å². The molecule has 1 aromatic rings. The van der Waals surface area contributed by atoms with E-state index in [-0.39, 0.29) is 24.0 Å². The van der Waals surface area contributed by atoms with Gasteiger partial charge in [-0.25, -0.2) is 0 Å². The normalized spacial score (nSPS) is 18.7. The third kappa shape index (κ3) is 6.27. The molecule has 132 valence electrons. The number of rotatable bonds is 7. The van der Waals surface area contributed by atoms with Crippen molar-refractivity contribution in [2.45, 2.75) is 25.4 Å². The number of methoxy groups -OCH3 is 1. The largest absolute Gasteiger partial charge is 0.383 e. The summed E-state index contributed by atoms with van der Waals surface area (Å²) in [5.74, 6) is 0.833. The molecule has 0 spiro atoms. The number of nitrogens with one attached hydrogen (secondary N) is 2. The molecule has 23 heavy (non-hydrogen) atoms. The number of guanidine groups is 1. The molecule has 0 radical (unpaired) electrons. The number of halogens is 1. The first-order valence-electron chi connectivity index (χ1n) is 7.89. The Balaban J connectivity index is 0.00000264. The lowest BCUT2D eigenvalue weighted by Gasteiger charge is -2.25. The second kappa shape index (κ2) is 10.8. The average Bonchev–Trinajstić information content (AvgIpc) is 3.14. The molecule has 0 amide bonds. The topological polar surface area (TPSA) is 66.7 Å². The van der Waals surface area contributed by atoms with Crippen molar-refractivity contribution in [3.8, 4) is 0 Å². The molecule has 2 rings (SSSR count). The van der Waals surface area contributed by atoms with Crippen LogP contribution in [0.2, 0.25) is 0 Å². The average molecular weight is 436 g/mol. The summed E-state index contributed by atoms with van der Waals surface area (Å²) >= 11 is 0. The van der Waals surface area contributed by atoms with Gasteiger partial charge in [-0.2, -0.15) is 5.10 Å². The minimum absolute atomic E-state index is 0. The summed E-state index contributed by atoms with van der Waals surface area (Å²) in [5.41, 5.74) is 1.13. The van der Waals surface area contributed by atoms with Crippen molar-refractivity contribution in [2.75, 3.05) is 40.4 Å². The second-order valence-corrected chi connectivity index (χ2v) is 5.58. The maximum atomic E-state index is 5.18. The Kier molecular flexibility index (Phi) is 9.49. The molecular formula is C15H29IN6O. The molecule has 1 atom stereocenters. The SMILES string of the molecule is CN=C(NCc1ccnn1C)NCC1CCCN1CCOC.I. The third-order valence-corrected chi connectivity index (χ3v) is 4.17. The number of aryl methyl sites for hydroxylation is 1. The predicted molar refractivity (Wildman–Crippen MR) is 103 cm³/mol. The van der Waals surface area contributed by atoms with Crippen molar-refractivity contribution < 1.29 is 4.74 Å². The quantitative estimate of drug-likeness (QED) is 0.377. The zero-order valence-electron chi connectivity index (χ0n) is 14.3. The van der Waals surface area contributed by atoms with Crippen molar-refractivity contribution in [1.29, 1.82) is 0 Å². The van der Waals surface area contributed by atoms with Crippen LogP contribution in [0.1, 0.15) is 18.5 Å². The van der Waals surface area contributed by atoms with Gasteiger partial charge >= 0.3 is 0 Å². The van der Waals surface area contributed by atoms with E-state index >= 15 is 0 Å². The van der Waals surface area contributed by atoms with E-state index in [1.54, 1.807) is 20.4 Å². The summed E-state index contributed by atoms with van der Waals surface area (Å²) in [7, 11) is 5.50. The Labute approximate surface area is 155 Å². The summed E-state index contributed by atoms with van der Waals surface area (Å²) in [4.78, 5) is 6.78. The van der Waals surface area contributed by atoms with Gasteiger partial charge < -0.3 is 15.4 Å². The van der Waals surface area contributed by atoms with Crippen molar-refractivity contribution in [3.63, 3.8) is 0 Å². The Bertz CT molecular complexity index is 478. The molecule has 1 fully saturated rings. The third-order valence-electron chi connectivity index (χ3n) is 4.17. The zero-order chi connectivity index (χ0) is 15.8. The Morgan fingerprint density at radius 2 is 2.30 bits per heavy atom. The van der Waals surface area contributed by atoms with E-state index in [0.717, 1.165) is 37.9 Å². The number of likely N-dealkylation sites (tertiary alicyclic amines) is 1. The van der Waals surface area contributed by atoms with Crippen LogP contribution in [0.25, 0.3) is 0 Å². The van der Waals surface area contributed by atoms with Gasteiger partial charge in [0, 0.05) is 46.5 Å². The molecule has 7 nitrogen and oxygen atoms in total. The number of aliphatic imine (C=N–C) groups is 1. The fourth-order valence-electron chi connectivity index (χ4n) is 2.81. The van der Waals surface area contributed by atoms with Crippen molar-refractivity contribution in [3.05, 3.63) is 18.0 Å². The van der Waals surface area contributed by atoms with Crippen LogP contribution in [-0.2, 0) is 18.3 Å². The number of hydrogen-bond donors (Lipinski definition) is 2. The summed E-state index contributed by atoms with van der Waals surface area (Å²) in [5, 5.41) is 10.9. The van der Waals surface area contributed by atoms with E-state index in [9.17, 15) is 0 Å². The molecule has 2 N–H and O–H groups in total. The highest BCUT2D eigenvalue weighted by molar-refractivity contribution is 14.0. The Hall–Kier alpha value is -0.870. The van der Waals surface area contributed by atoms with Crippen LogP contribution in [0.5, 0.6) is 0 Å². The molecule has 1 aromatic heterocycles. The molecule has 0 aliphatic carbocycles. The fourth-order valence-corrected chi connectivity index (χ4v) is 2.81. The van der Waals surface area contributed by atoms with Crippen molar-refractivity contribution >= 4 is 29.9 Å². The molecule has 0 aromatic carbocycles. The Morgan fingerprint density at radius 1 is 1.48 bits per heavy atom. The van der Waals surface area contributed by atoms with E-state index in [0.29, 0.717) is 12.6 Å². The lowest BCUT2D eigenvalue weighted by Crippen LogP contribution is -2.45. The lowest BCUT2D eigenvalue weighted by atomic mass is 10.2. The standard InChI is InChI=1S/C15H28N6O.HI/c1-16-15(17-11-13-6-7-19-20(13)2)18-12-14-5-4-8-21(14)9-10-22-3;/h6-7,14H,4-5,8-12H2,1-3H3,(H2,16,17,18);1H. The highest BCUT2D eigenvalue weighted by atomic mass is 127. The first-order valence-corrected chi connectivity index (χ1v) is 7.89. The molecule has 0 saturated carbocycles. The number of hydrogen-bond acceptors (Lipinski definition) is 4. The summed E-state index contributed by atoms with van der Waals surface area (Å²) in [6.45, 7) is 4.59. The summed E-state index contributed by atoms with van der Waals surface area (Å²) in [6.07, 6.45) is 4.30. The van der Waals surface area contributed by atoms with Crippen LogP contribution in [0, 0.1) is 0 Å². The summed E-state index contributed by atoms with van der Waals surface area (Å²) < 4.78 is 7.05. The Morgan fingerprint density at radius 3 is 2.96 bits per heavy atom. The van der Waals surface area contributed by atoms with Gasteiger partial charge in [0.1, 0.15) is 0 Å². The monoisotopic (exact) mass is 436 g/mol. The zero-order valence-corrected chi connectivity index (χ0v) is 16.6. The highest BCUT2D eigenvalue weighted by Crippen LogP contribution is 2.15. The summed E-state index contributed by atoms with van der Waals surface area (Å²) in [6, 6.07) is 2.56. The maximum Gasteiger partial charge on any atom is 0.191 e. The van der Waals surface area contributed by atoms with E-state index in [4.69, 9.17) is 4.74 Å². The van der Waals surface area contributed by atoms with Gasteiger partial charge in [-0.1, -0.05) is 0 Å². The molecule has 8 heteroatoms. The van der Waals surface area contributed by atoms with Crippen LogP contribution >= 0.6 is 24.0 Å². The molecule has 1 aliphatic rings. The van der Waals surface area contributed by atoms with Gasteiger partial charge in [0.2, 0.25) is 0 Å². The first kappa shape index (κ1) is 20.2. The van der Waals surface area contributed by atoms with Gasteiger partial charge in [-0.05, 0) is 25.5 Å². The molecular weight excluding hydrogens is 407 g/mol. The van der Waals surface area contributed by atoms with E-state index < -0.39 is 0 Å². The predicted octanol–water partition coefficient (Wildman–Crippen LogP) is 0.814. The molecule has 1 unspecified atom stereocenters. The first-order chi connectivity index (χ1) is 10.7. The lowest BCUT2D eigenvalue weighted by molar-refractivity contribution is 0.141. The van der Waals surface area contributed by atoms with Gasteiger partial charge in [-0.3, -0.25) is 14.6 Å². The smallest absolute Gasteiger partial charge is 0.191 e. The van der Waals surface area contributed by atoms with Crippen LogP contribution < -0.4 is 10.6 Å². The van der Waals surface area contributed by atoms with Crippen LogP contribution in [-0.4, -0.2) is 67.1 Å². The molecule has 0 bridgehead atoms. The maximum absolute atomic E-state index is 5.18. The van der Waals surface area contributed by atoms with Crippen molar-refractivity contribution in [1.82, 2.24) is 25.3 Å². The number of nitrogens with zero attached hydrogens (tertiary/aromatic N) is 4. The van der Waals surface area contributed by atoms with Crippen LogP contribution in [0.4, 0.5) is 0 Å². The van der Waals surface area contributed by atoms with Gasteiger partial charge in [0.25, 0.3) is 0 Å². The second-order valence-electron chi connectivity index (χ2n) is 5.58. The number of ether oxygens (including phenoxy) is 1. The molecule has 1 saturated heterocycles. The van der Waals surface area contributed by atoms with Crippen molar-refractivity contribution in [2.24, 2.45) is 12.0 Å². The van der Waals surface area contributed by atoms with E-state index in [1.807, 2.05) is 17.8 Å². The molecule has 2 heterocycles. The molecule has 1 aliphatic heterocycles. The van der Waals surface area contributed by atoms with E-state index in [2.05, 4.69) is 25.6 Å².